The molecular formula is C24H27N7S. The van der Waals surface area contributed by atoms with Crippen LogP contribution in [0.5, 0.6) is 0 Å². The number of fused-ring (bicyclic) bond motifs is 1. The van der Waals surface area contributed by atoms with E-state index >= 15 is 0 Å². The number of para-hydroxylation sites is 1. The Morgan fingerprint density at radius 1 is 1.00 bits per heavy atom. The number of nitrogens with zero attached hydrogens (tertiary/aromatic N) is 4. The monoisotopic (exact) mass is 445 g/mol. The van der Waals surface area contributed by atoms with E-state index in [1.165, 1.54) is 4.70 Å². The summed E-state index contributed by atoms with van der Waals surface area (Å²) in [6.07, 6.45) is 2.88. The summed E-state index contributed by atoms with van der Waals surface area (Å²) in [6, 6.07) is 18.4. The number of hydrogen-bond donors (Lipinski definition) is 3. The van der Waals surface area contributed by atoms with Crippen LogP contribution in [0.1, 0.15) is 6.42 Å². The Bertz CT molecular complexity index is 1140. The van der Waals surface area contributed by atoms with Crippen LogP contribution >= 0.6 is 11.3 Å². The summed E-state index contributed by atoms with van der Waals surface area (Å²) in [4.78, 5) is 16.3. The molecule has 7 nitrogen and oxygen atoms in total. The van der Waals surface area contributed by atoms with E-state index in [2.05, 4.69) is 49.0 Å². The number of anilines is 3. The van der Waals surface area contributed by atoms with Crippen LogP contribution in [0.15, 0.2) is 60.8 Å². The predicted octanol–water partition coefficient (Wildman–Crippen LogP) is 4.20. The maximum atomic E-state index is 4.76. The van der Waals surface area contributed by atoms with Gasteiger partial charge in [0, 0.05) is 50.2 Å². The Hall–Kier alpha value is -3.07. The van der Waals surface area contributed by atoms with E-state index in [-0.39, 0.29) is 0 Å². The molecule has 1 aliphatic heterocycles. The summed E-state index contributed by atoms with van der Waals surface area (Å²) >= 11 is 1.70. The Labute approximate surface area is 191 Å². The fraction of sp³-hybridized carbons (Fsp3) is 0.292. The molecule has 0 atom stereocenters. The third kappa shape index (κ3) is 5.21. The molecule has 5 rings (SSSR count). The van der Waals surface area contributed by atoms with Gasteiger partial charge in [0.15, 0.2) is 0 Å². The van der Waals surface area contributed by atoms with Gasteiger partial charge in [0.05, 0.1) is 10.2 Å². The van der Waals surface area contributed by atoms with E-state index in [1.807, 2.05) is 36.4 Å². The SMILES string of the molecule is c1cc(Nc2nccc(NCCCN3CCNCC3)n2)cc(-c2nc3ccccc3s2)c1. The lowest BCUT2D eigenvalue weighted by atomic mass is 10.2. The van der Waals surface area contributed by atoms with Gasteiger partial charge in [-0.2, -0.15) is 4.98 Å². The molecule has 2 aromatic heterocycles. The van der Waals surface area contributed by atoms with E-state index in [0.29, 0.717) is 5.95 Å². The molecule has 32 heavy (non-hydrogen) atoms. The van der Waals surface area contributed by atoms with Gasteiger partial charge in [-0.15, -0.1) is 11.3 Å². The van der Waals surface area contributed by atoms with Gasteiger partial charge in [-0.3, -0.25) is 0 Å². The minimum Gasteiger partial charge on any atom is -0.370 e. The van der Waals surface area contributed by atoms with Crippen LogP contribution in [0.3, 0.4) is 0 Å². The fourth-order valence-corrected chi connectivity index (χ4v) is 4.79. The van der Waals surface area contributed by atoms with Gasteiger partial charge in [-0.05, 0) is 43.3 Å². The molecule has 1 fully saturated rings. The number of thiazole rings is 1. The molecule has 0 aliphatic carbocycles. The quantitative estimate of drug-likeness (QED) is 0.351. The van der Waals surface area contributed by atoms with Crippen molar-refractivity contribution in [3.63, 3.8) is 0 Å². The normalized spacial score (nSPS) is 14.5. The van der Waals surface area contributed by atoms with Crippen molar-refractivity contribution in [1.29, 1.82) is 0 Å². The van der Waals surface area contributed by atoms with Gasteiger partial charge < -0.3 is 20.9 Å². The molecule has 1 saturated heterocycles. The second kappa shape index (κ2) is 10.0. The molecular weight excluding hydrogens is 418 g/mol. The largest absolute Gasteiger partial charge is 0.370 e. The van der Waals surface area contributed by atoms with Gasteiger partial charge in [0.25, 0.3) is 0 Å². The van der Waals surface area contributed by atoms with E-state index < -0.39 is 0 Å². The lowest BCUT2D eigenvalue weighted by molar-refractivity contribution is 0.240. The molecule has 0 radical (unpaired) electrons. The maximum Gasteiger partial charge on any atom is 0.229 e. The van der Waals surface area contributed by atoms with Crippen molar-refractivity contribution in [2.45, 2.75) is 6.42 Å². The van der Waals surface area contributed by atoms with Crippen LogP contribution in [0.2, 0.25) is 0 Å². The summed E-state index contributed by atoms with van der Waals surface area (Å²) in [5.74, 6) is 1.42. The van der Waals surface area contributed by atoms with Crippen molar-refractivity contribution in [1.82, 2.24) is 25.2 Å². The van der Waals surface area contributed by atoms with E-state index in [0.717, 1.165) is 73.3 Å². The molecule has 0 spiro atoms. The van der Waals surface area contributed by atoms with Crippen LogP contribution in [0.25, 0.3) is 20.8 Å². The Kier molecular flexibility index (Phi) is 6.53. The second-order valence-electron chi connectivity index (χ2n) is 7.83. The molecule has 0 amide bonds. The number of nitrogens with one attached hydrogen (secondary N) is 3. The summed E-state index contributed by atoms with van der Waals surface area (Å²) in [5, 5.41) is 11.2. The lowest BCUT2D eigenvalue weighted by Gasteiger charge is -2.27. The van der Waals surface area contributed by atoms with Crippen molar-refractivity contribution >= 4 is 39.0 Å². The number of benzene rings is 2. The lowest BCUT2D eigenvalue weighted by Crippen LogP contribution is -2.44. The zero-order chi connectivity index (χ0) is 21.6. The first-order valence-corrected chi connectivity index (χ1v) is 11.9. The van der Waals surface area contributed by atoms with Crippen LogP contribution in [-0.4, -0.2) is 59.1 Å². The summed E-state index contributed by atoms with van der Waals surface area (Å²) < 4.78 is 1.19. The summed E-state index contributed by atoms with van der Waals surface area (Å²) in [5.41, 5.74) is 3.06. The van der Waals surface area contributed by atoms with E-state index in [9.17, 15) is 0 Å². The first kappa shape index (κ1) is 20.8. The van der Waals surface area contributed by atoms with Crippen molar-refractivity contribution in [3.05, 3.63) is 60.8 Å². The van der Waals surface area contributed by atoms with Gasteiger partial charge in [-0.25, -0.2) is 9.97 Å². The zero-order valence-corrected chi connectivity index (χ0v) is 18.7. The van der Waals surface area contributed by atoms with Gasteiger partial charge in [0.2, 0.25) is 5.95 Å². The highest BCUT2D eigenvalue weighted by atomic mass is 32.1. The molecule has 3 heterocycles. The van der Waals surface area contributed by atoms with Crippen LogP contribution in [-0.2, 0) is 0 Å². The highest BCUT2D eigenvalue weighted by molar-refractivity contribution is 7.21. The third-order valence-corrected chi connectivity index (χ3v) is 6.57. The maximum absolute atomic E-state index is 4.76. The Morgan fingerprint density at radius 2 is 1.91 bits per heavy atom. The molecule has 8 heteroatoms. The minimum atomic E-state index is 0.582. The Morgan fingerprint density at radius 3 is 2.81 bits per heavy atom. The average molecular weight is 446 g/mol. The standard InChI is InChI=1S/C24H27N7S/c1-2-8-21-20(7-1)29-23(32-21)18-5-3-6-19(17-18)28-24-27-11-9-22(30-24)26-10-4-14-31-15-12-25-13-16-31/h1-3,5-9,11,17,25H,4,10,12-16H2,(H2,26,27,28,30). The third-order valence-electron chi connectivity index (χ3n) is 5.48. The van der Waals surface area contributed by atoms with Crippen LogP contribution < -0.4 is 16.0 Å². The van der Waals surface area contributed by atoms with Crippen molar-refractivity contribution in [2.24, 2.45) is 0 Å². The van der Waals surface area contributed by atoms with Gasteiger partial charge in [-0.1, -0.05) is 24.3 Å². The molecule has 4 aromatic rings. The summed E-state index contributed by atoms with van der Waals surface area (Å²) in [7, 11) is 0. The first-order chi connectivity index (χ1) is 15.8. The molecule has 1 aliphatic rings. The molecule has 0 unspecified atom stereocenters. The topological polar surface area (TPSA) is 78.0 Å². The molecule has 0 saturated carbocycles. The average Bonchev–Trinajstić information content (AvgIpc) is 3.28. The Balaban J connectivity index is 1.20. The van der Waals surface area contributed by atoms with E-state index in [1.54, 1.807) is 17.5 Å². The van der Waals surface area contributed by atoms with Gasteiger partial charge >= 0.3 is 0 Å². The van der Waals surface area contributed by atoms with Crippen molar-refractivity contribution in [3.8, 4) is 10.6 Å². The van der Waals surface area contributed by atoms with Gasteiger partial charge in [0.1, 0.15) is 10.8 Å². The van der Waals surface area contributed by atoms with Crippen molar-refractivity contribution < 1.29 is 0 Å². The number of aromatic nitrogens is 3. The molecule has 164 valence electrons. The first-order valence-electron chi connectivity index (χ1n) is 11.1. The number of piperazine rings is 1. The molecule has 2 aromatic carbocycles. The molecule has 3 N–H and O–H groups in total. The van der Waals surface area contributed by atoms with Crippen molar-refractivity contribution in [2.75, 3.05) is 49.9 Å². The smallest absolute Gasteiger partial charge is 0.229 e. The fourth-order valence-electron chi connectivity index (χ4n) is 3.83. The van der Waals surface area contributed by atoms with Crippen LogP contribution in [0.4, 0.5) is 17.5 Å². The predicted molar refractivity (Wildman–Crippen MR) is 133 cm³/mol. The molecule has 0 bridgehead atoms. The highest BCUT2D eigenvalue weighted by Crippen LogP contribution is 2.31. The zero-order valence-electron chi connectivity index (χ0n) is 17.9. The summed E-state index contributed by atoms with van der Waals surface area (Å²) in [6.45, 7) is 6.47. The highest BCUT2D eigenvalue weighted by Gasteiger charge is 2.09. The minimum absolute atomic E-state index is 0.582. The number of rotatable bonds is 8. The number of hydrogen-bond acceptors (Lipinski definition) is 8. The second-order valence-corrected chi connectivity index (χ2v) is 8.86. The van der Waals surface area contributed by atoms with Crippen LogP contribution in [0, 0.1) is 0 Å². The van der Waals surface area contributed by atoms with E-state index in [4.69, 9.17) is 4.98 Å².